The fourth-order valence-electron chi connectivity index (χ4n) is 2.40. The maximum atomic E-state index is 11.8. The first-order chi connectivity index (χ1) is 8.31. The van der Waals surface area contributed by atoms with E-state index in [1.165, 1.54) is 17.8 Å². The van der Waals surface area contributed by atoms with Gasteiger partial charge in [0.2, 0.25) is 0 Å². The van der Waals surface area contributed by atoms with Gasteiger partial charge < -0.3 is 5.11 Å². The third-order valence-electron chi connectivity index (χ3n) is 3.35. The standard InChI is InChI=1S/C13H19NO2S/c15-10-11-4-1-7-14(11)8-2-5-12(16)13-6-3-9-17-13/h3,6,9,11,15H,1-2,4-5,7-8,10H2. The second-order valence-corrected chi connectivity index (χ2v) is 5.47. The number of rotatable bonds is 6. The predicted molar refractivity (Wildman–Crippen MR) is 69.6 cm³/mol. The van der Waals surface area contributed by atoms with Gasteiger partial charge in [0.15, 0.2) is 5.78 Å². The Labute approximate surface area is 106 Å². The fourth-order valence-corrected chi connectivity index (χ4v) is 3.09. The van der Waals surface area contributed by atoms with E-state index in [-0.39, 0.29) is 12.4 Å². The Balaban J connectivity index is 1.71. The molecule has 1 aromatic rings. The van der Waals surface area contributed by atoms with Crippen LogP contribution in [0.4, 0.5) is 0 Å². The Morgan fingerprint density at radius 2 is 2.47 bits per heavy atom. The van der Waals surface area contributed by atoms with Crippen LogP contribution in [-0.2, 0) is 0 Å². The summed E-state index contributed by atoms with van der Waals surface area (Å²) in [5.74, 6) is 0.250. The van der Waals surface area contributed by atoms with Gasteiger partial charge in [0.1, 0.15) is 0 Å². The molecule has 1 N–H and O–H groups in total. The minimum absolute atomic E-state index is 0.249. The predicted octanol–water partition coefficient (Wildman–Crippen LogP) is 2.17. The first-order valence-electron chi connectivity index (χ1n) is 6.23. The highest BCUT2D eigenvalue weighted by Gasteiger charge is 2.23. The third kappa shape index (κ3) is 3.37. The lowest BCUT2D eigenvalue weighted by Gasteiger charge is -2.22. The van der Waals surface area contributed by atoms with Crippen molar-refractivity contribution in [2.45, 2.75) is 31.7 Å². The zero-order chi connectivity index (χ0) is 12.1. The minimum atomic E-state index is 0.249. The number of ketones is 1. The SMILES string of the molecule is O=C(CCCN1CCCC1CO)c1cccs1. The van der Waals surface area contributed by atoms with Crippen LogP contribution in [0.25, 0.3) is 0 Å². The third-order valence-corrected chi connectivity index (χ3v) is 4.27. The van der Waals surface area contributed by atoms with Crippen molar-refractivity contribution < 1.29 is 9.90 Å². The van der Waals surface area contributed by atoms with Gasteiger partial charge >= 0.3 is 0 Å². The second-order valence-electron chi connectivity index (χ2n) is 4.52. The van der Waals surface area contributed by atoms with Crippen LogP contribution in [0, 0.1) is 0 Å². The first kappa shape index (κ1) is 12.7. The summed E-state index contributed by atoms with van der Waals surface area (Å²) < 4.78 is 0. The topological polar surface area (TPSA) is 40.5 Å². The lowest BCUT2D eigenvalue weighted by Crippen LogP contribution is -2.33. The number of hydrogen-bond acceptors (Lipinski definition) is 4. The van der Waals surface area contributed by atoms with Gasteiger partial charge in [-0.25, -0.2) is 0 Å². The van der Waals surface area contributed by atoms with Gasteiger partial charge in [-0.05, 0) is 43.8 Å². The maximum absolute atomic E-state index is 11.8. The molecule has 1 fully saturated rings. The van der Waals surface area contributed by atoms with Crippen LogP contribution in [0.3, 0.4) is 0 Å². The summed E-state index contributed by atoms with van der Waals surface area (Å²) in [5, 5.41) is 11.1. The molecular formula is C13H19NO2S. The van der Waals surface area contributed by atoms with Crippen molar-refractivity contribution >= 4 is 17.1 Å². The molecule has 1 aliphatic rings. The average Bonchev–Trinajstić information content (AvgIpc) is 2.99. The fraction of sp³-hybridized carbons (Fsp3) is 0.615. The quantitative estimate of drug-likeness (QED) is 0.790. The number of carbonyl (C=O) groups excluding carboxylic acids is 1. The van der Waals surface area contributed by atoms with E-state index in [4.69, 9.17) is 0 Å². The van der Waals surface area contributed by atoms with Gasteiger partial charge in [-0.1, -0.05) is 6.07 Å². The number of thiophene rings is 1. The Hall–Kier alpha value is -0.710. The summed E-state index contributed by atoms with van der Waals surface area (Å²) in [6, 6.07) is 4.13. The molecular weight excluding hydrogens is 234 g/mol. The molecule has 0 aromatic carbocycles. The van der Waals surface area contributed by atoms with Crippen LogP contribution in [0.5, 0.6) is 0 Å². The Kier molecular flexibility index (Phi) is 4.71. The number of aliphatic hydroxyl groups is 1. The van der Waals surface area contributed by atoms with Crippen LogP contribution in [0.1, 0.15) is 35.4 Å². The molecule has 2 rings (SSSR count). The normalized spacial score (nSPS) is 20.9. The van der Waals surface area contributed by atoms with Gasteiger partial charge in [0.25, 0.3) is 0 Å². The molecule has 0 aliphatic carbocycles. The van der Waals surface area contributed by atoms with Crippen molar-refractivity contribution in [3.63, 3.8) is 0 Å². The summed E-state index contributed by atoms with van der Waals surface area (Å²) in [7, 11) is 0. The first-order valence-corrected chi connectivity index (χ1v) is 7.11. The Morgan fingerprint density at radius 1 is 1.59 bits per heavy atom. The molecule has 2 heterocycles. The van der Waals surface area contributed by atoms with E-state index >= 15 is 0 Å². The highest BCUT2D eigenvalue weighted by molar-refractivity contribution is 7.12. The van der Waals surface area contributed by atoms with Crippen molar-refractivity contribution in [1.82, 2.24) is 4.90 Å². The van der Waals surface area contributed by atoms with Crippen LogP contribution in [0.15, 0.2) is 17.5 Å². The van der Waals surface area contributed by atoms with E-state index in [0.717, 1.165) is 30.8 Å². The summed E-state index contributed by atoms with van der Waals surface area (Å²) in [6.45, 7) is 2.25. The molecule has 1 aromatic heterocycles. The zero-order valence-corrected chi connectivity index (χ0v) is 10.8. The summed E-state index contributed by atoms with van der Waals surface area (Å²) >= 11 is 1.52. The van der Waals surface area contributed by atoms with Crippen molar-refractivity contribution in [3.05, 3.63) is 22.4 Å². The number of Topliss-reactive ketones (excluding diaryl/α,β-unsaturated/α-hetero) is 1. The highest BCUT2D eigenvalue weighted by Crippen LogP contribution is 2.18. The Morgan fingerprint density at radius 3 is 3.18 bits per heavy atom. The van der Waals surface area contributed by atoms with Crippen LogP contribution in [-0.4, -0.2) is 41.5 Å². The molecule has 1 saturated heterocycles. The maximum Gasteiger partial charge on any atom is 0.172 e. The Bertz CT molecular complexity index is 350. The molecule has 94 valence electrons. The molecule has 1 atom stereocenters. The van der Waals surface area contributed by atoms with E-state index in [9.17, 15) is 9.90 Å². The van der Waals surface area contributed by atoms with Gasteiger partial charge in [-0.15, -0.1) is 11.3 Å². The summed E-state index contributed by atoms with van der Waals surface area (Å²) in [6.07, 6.45) is 3.78. The molecule has 3 nitrogen and oxygen atoms in total. The van der Waals surface area contributed by atoms with E-state index < -0.39 is 0 Å². The van der Waals surface area contributed by atoms with Crippen molar-refractivity contribution in [2.75, 3.05) is 19.7 Å². The van der Waals surface area contributed by atoms with Gasteiger partial charge in [-0.3, -0.25) is 9.69 Å². The molecule has 1 aliphatic heterocycles. The van der Waals surface area contributed by atoms with Crippen molar-refractivity contribution in [3.8, 4) is 0 Å². The summed E-state index contributed by atoms with van der Waals surface area (Å²) in [5.41, 5.74) is 0. The zero-order valence-electron chi connectivity index (χ0n) is 9.97. The number of likely N-dealkylation sites (tertiary alicyclic amines) is 1. The van der Waals surface area contributed by atoms with Crippen LogP contribution in [0.2, 0.25) is 0 Å². The lowest BCUT2D eigenvalue weighted by molar-refractivity contribution is 0.0973. The number of nitrogens with zero attached hydrogens (tertiary/aromatic N) is 1. The van der Waals surface area contributed by atoms with Gasteiger partial charge in [0.05, 0.1) is 11.5 Å². The number of carbonyl (C=O) groups is 1. The molecule has 0 radical (unpaired) electrons. The number of hydrogen-bond donors (Lipinski definition) is 1. The van der Waals surface area contributed by atoms with E-state index in [1.807, 2.05) is 17.5 Å². The summed E-state index contributed by atoms with van der Waals surface area (Å²) in [4.78, 5) is 14.9. The monoisotopic (exact) mass is 253 g/mol. The van der Waals surface area contributed by atoms with Crippen molar-refractivity contribution in [1.29, 1.82) is 0 Å². The van der Waals surface area contributed by atoms with Crippen molar-refractivity contribution in [2.24, 2.45) is 0 Å². The van der Waals surface area contributed by atoms with E-state index in [2.05, 4.69) is 4.90 Å². The van der Waals surface area contributed by atoms with Crippen LogP contribution < -0.4 is 0 Å². The molecule has 0 saturated carbocycles. The molecule has 1 unspecified atom stereocenters. The van der Waals surface area contributed by atoms with Gasteiger partial charge in [-0.2, -0.15) is 0 Å². The highest BCUT2D eigenvalue weighted by atomic mass is 32.1. The van der Waals surface area contributed by atoms with E-state index in [0.29, 0.717) is 12.5 Å². The molecule has 0 amide bonds. The van der Waals surface area contributed by atoms with E-state index in [1.54, 1.807) is 0 Å². The molecule has 4 heteroatoms. The van der Waals surface area contributed by atoms with Crippen LogP contribution >= 0.6 is 11.3 Å². The molecule has 0 spiro atoms. The minimum Gasteiger partial charge on any atom is -0.395 e. The number of aliphatic hydroxyl groups excluding tert-OH is 1. The smallest absolute Gasteiger partial charge is 0.172 e. The largest absolute Gasteiger partial charge is 0.395 e. The molecule has 0 bridgehead atoms. The lowest BCUT2D eigenvalue weighted by atomic mass is 10.2. The molecule has 17 heavy (non-hydrogen) atoms. The average molecular weight is 253 g/mol. The second kappa shape index (κ2) is 6.28. The van der Waals surface area contributed by atoms with Gasteiger partial charge in [0, 0.05) is 12.5 Å².